The summed E-state index contributed by atoms with van der Waals surface area (Å²) in [5.74, 6) is -4.29. The molecule has 17 heteroatoms. The Kier molecular flexibility index (Phi) is 12.2. The number of aliphatic carboxylic acids is 2. The Morgan fingerprint density at radius 2 is 1.75 bits per heavy atom. The van der Waals surface area contributed by atoms with Crippen LogP contribution in [-0.4, -0.2) is 113 Å². The molecule has 0 radical (unpaired) electrons. The Labute approximate surface area is 201 Å². The molecule has 1 aromatic heterocycles. The zero-order valence-corrected chi connectivity index (χ0v) is 18.8. The predicted octanol–water partition coefficient (Wildman–Crippen LogP) is 1.25. The summed E-state index contributed by atoms with van der Waals surface area (Å²) in [6.07, 6.45) is -4.14. The highest BCUT2D eigenvalue weighted by molar-refractivity contribution is 5.73. The number of aliphatic hydroxyl groups excluding tert-OH is 1. The first-order valence-corrected chi connectivity index (χ1v) is 10.3. The molecule has 3 heterocycles. The van der Waals surface area contributed by atoms with E-state index in [0.717, 1.165) is 38.5 Å². The van der Waals surface area contributed by atoms with Crippen molar-refractivity contribution < 1.29 is 60.7 Å². The second-order valence-corrected chi connectivity index (χ2v) is 7.69. The molecule has 2 fully saturated rings. The van der Waals surface area contributed by atoms with E-state index in [4.69, 9.17) is 34.4 Å². The average molecular weight is 536 g/mol. The lowest BCUT2D eigenvalue weighted by Gasteiger charge is -2.30. The number of carboxylic acid groups (broad SMARTS) is 2. The number of nitrogens with one attached hydrogen (secondary N) is 1. The maximum absolute atomic E-state index is 10.6. The van der Waals surface area contributed by atoms with Gasteiger partial charge in [0, 0.05) is 44.5 Å². The van der Waals surface area contributed by atoms with Gasteiger partial charge in [0.15, 0.2) is 0 Å². The minimum atomic E-state index is -5.08. The first kappa shape index (κ1) is 31.3. The molecule has 0 aromatic carbocycles. The van der Waals surface area contributed by atoms with Crippen LogP contribution in [0.25, 0.3) is 0 Å². The predicted molar refractivity (Wildman–Crippen MR) is 109 cm³/mol. The van der Waals surface area contributed by atoms with Gasteiger partial charge in [0.2, 0.25) is 0 Å². The lowest BCUT2D eigenvalue weighted by molar-refractivity contribution is -0.193. The number of hydrogen-bond acceptors (Lipinski definition) is 9. The number of β-amino-alcohol motifs (C(OH)–C–C–N with tert-alkyl or cyclic N) is 1. The largest absolute Gasteiger partial charge is 0.490 e. The molecule has 0 bridgehead atoms. The summed E-state index contributed by atoms with van der Waals surface area (Å²) in [6.45, 7) is 5.42. The maximum atomic E-state index is 10.6. The van der Waals surface area contributed by atoms with Gasteiger partial charge in [-0.25, -0.2) is 14.6 Å². The van der Waals surface area contributed by atoms with E-state index < -0.39 is 24.3 Å². The van der Waals surface area contributed by atoms with Crippen LogP contribution in [-0.2, 0) is 19.1 Å². The molecule has 0 saturated carbocycles. The van der Waals surface area contributed by atoms with Crippen LogP contribution in [0, 0.1) is 5.92 Å². The molecule has 2 aliphatic heterocycles. The van der Waals surface area contributed by atoms with Gasteiger partial charge in [-0.3, -0.25) is 9.88 Å². The third-order valence-corrected chi connectivity index (χ3v) is 4.75. The van der Waals surface area contributed by atoms with Gasteiger partial charge >= 0.3 is 24.3 Å². The van der Waals surface area contributed by atoms with Gasteiger partial charge < -0.3 is 30.1 Å². The Morgan fingerprint density at radius 3 is 2.25 bits per heavy atom. The molecule has 2 atom stereocenters. The lowest BCUT2D eigenvalue weighted by atomic mass is 9.94. The van der Waals surface area contributed by atoms with Crippen LogP contribution in [0.2, 0.25) is 0 Å². The zero-order valence-electron chi connectivity index (χ0n) is 18.8. The van der Waals surface area contributed by atoms with Crippen molar-refractivity contribution in [3.63, 3.8) is 0 Å². The van der Waals surface area contributed by atoms with Gasteiger partial charge in [-0.05, 0) is 6.42 Å². The van der Waals surface area contributed by atoms with Gasteiger partial charge in [-0.15, -0.1) is 0 Å². The monoisotopic (exact) mass is 536 g/mol. The highest BCUT2D eigenvalue weighted by Crippen LogP contribution is 2.32. The molecule has 0 amide bonds. The first-order valence-electron chi connectivity index (χ1n) is 10.3. The minimum Gasteiger partial charge on any atom is -0.475 e. The van der Waals surface area contributed by atoms with Crippen LogP contribution >= 0.6 is 0 Å². The van der Waals surface area contributed by atoms with Crippen LogP contribution in [0.3, 0.4) is 0 Å². The van der Waals surface area contributed by atoms with Gasteiger partial charge in [0.1, 0.15) is 11.4 Å². The number of ether oxygens (including phenoxy) is 2. The normalized spacial score (nSPS) is 22.5. The van der Waals surface area contributed by atoms with E-state index >= 15 is 0 Å². The van der Waals surface area contributed by atoms with E-state index in [1.807, 2.05) is 0 Å². The summed E-state index contributed by atoms with van der Waals surface area (Å²) in [5, 5.41) is 26.7. The van der Waals surface area contributed by atoms with Crippen molar-refractivity contribution in [1.29, 1.82) is 0 Å². The highest BCUT2D eigenvalue weighted by atomic mass is 19.4. The van der Waals surface area contributed by atoms with E-state index in [-0.39, 0.29) is 12.2 Å². The highest BCUT2D eigenvalue weighted by Gasteiger charge is 2.43. The molecule has 1 aromatic rings. The SMILES string of the molecule is O=C(O)C(F)(F)F.O=C(O)C(F)(F)F.OCCN1CCOCC2(CC(CNc3cnccn3)CO2)C1. The van der Waals surface area contributed by atoms with Crippen molar-refractivity contribution in [2.24, 2.45) is 5.92 Å². The van der Waals surface area contributed by atoms with E-state index in [1.165, 1.54) is 0 Å². The van der Waals surface area contributed by atoms with E-state index in [1.54, 1.807) is 18.6 Å². The molecule has 2 saturated heterocycles. The fourth-order valence-electron chi connectivity index (χ4n) is 3.24. The van der Waals surface area contributed by atoms with Crippen molar-refractivity contribution >= 4 is 17.8 Å². The summed E-state index contributed by atoms with van der Waals surface area (Å²) in [5.41, 5.74) is -0.236. The number of nitrogens with zero attached hydrogens (tertiary/aromatic N) is 3. The average Bonchev–Trinajstić information content (AvgIpc) is 3.07. The molecule has 11 nitrogen and oxygen atoms in total. The first-order chi connectivity index (χ1) is 16.7. The molecule has 2 unspecified atom stereocenters. The van der Waals surface area contributed by atoms with E-state index in [2.05, 4.69) is 20.2 Å². The number of carboxylic acids is 2. The zero-order chi connectivity index (χ0) is 27.4. The summed E-state index contributed by atoms with van der Waals surface area (Å²) in [7, 11) is 0. The summed E-state index contributed by atoms with van der Waals surface area (Å²) in [4.78, 5) is 28.3. The maximum Gasteiger partial charge on any atom is 0.490 e. The number of aliphatic hydroxyl groups is 1. The molecular formula is C19H26F6N4O7. The van der Waals surface area contributed by atoms with Gasteiger partial charge in [0.05, 0.1) is 32.6 Å². The van der Waals surface area contributed by atoms with Crippen molar-refractivity contribution in [2.45, 2.75) is 24.4 Å². The number of anilines is 1. The van der Waals surface area contributed by atoms with Crippen LogP contribution in [0.15, 0.2) is 18.6 Å². The topological polar surface area (TPSA) is 154 Å². The van der Waals surface area contributed by atoms with Gasteiger partial charge in [0.25, 0.3) is 0 Å². The molecule has 36 heavy (non-hydrogen) atoms. The molecule has 4 N–H and O–H groups in total. The molecule has 0 aliphatic carbocycles. The lowest BCUT2D eigenvalue weighted by Crippen LogP contribution is -2.45. The summed E-state index contributed by atoms with van der Waals surface area (Å²) < 4.78 is 75.3. The fourth-order valence-corrected chi connectivity index (χ4v) is 3.24. The third-order valence-electron chi connectivity index (χ3n) is 4.75. The number of hydrogen-bond donors (Lipinski definition) is 4. The van der Waals surface area contributed by atoms with Crippen molar-refractivity contribution in [3.8, 4) is 0 Å². The van der Waals surface area contributed by atoms with E-state index in [9.17, 15) is 26.3 Å². The van der Waals surface area contributed by atoms with Crippen LogP contribution < -0.4 is 5.32 Å². The molecular weight excluding hydrogens is 510 g/mol. The third kappa shape index (κ3) is 11.8. The number of carbonyl (C=O) groups is 2. The van der Waals surface area contributed by atoms with E-state index in [0.29, 0.717) is 25.7 Å². The van der Waals surface area contributed by atoms with Crippen molar-refractivity contribution in [3.05, 3.63) is 18.6 Å². The van der Waals surface area contributed by atoms with Crippen LogP contribution in [0.1, 0.15) is 6.42 Å². The molecule has 206 valence electrons. The van der Waals surface area contributed by atoms with Gasteiger partial charge in [-0.2, -0.15) is 26.3 Å². The smallest absolute Gasteiger partial charge is 0.475 e. The van der Waals surface area contributed by atoms with Gasteiger partial charge in [-0.1, -0.05) is 0 Å². The number of alkyl halides is 6. The second-order valence-electron chi connectivity index (χ2n) is 7.69. The quantitative estimate of drug-likeness (QED) is 0.402. The van der Waals surface area contributed by atoms with Crippen LogP contribution in [0.4, 0.5) is 32.2 Å². The Hall–Kier alpha value is -2.76. The van der Waals surface area contributed by atoms with Crippen molar-refractivity contribution in [1.82, 2.24) is 14.9 Å². The Morgan fingerprint density at radius 1 is 1.14 bits per heavy atom. The molecule has 2 aliphatic rings. The number of halogens is 6. The van der Waals surface area contributed by atoms with Crippen LogP contribution in [0.5, 0.6) is 0 Å². The fraction of sp³-hybridized carbons (Fsp3) is 0.684. The summed E-state index contributed by atoms with van der Waals surface area (Å²) >= 11 is 0. The standard InChI is InChI=1S/C15H24N4O3.2C2HF3O2/c20-5-3-19-4-6-21-12-15(11-19)7-13(10-22-15)8-18-14-9-16-1-2-17-14;2*3-2(4,5)1(6)7/h1-2,9,13,20H,3-8,10-12H2,(H,17,18);2*(H,6,7). The Bertz CT molecular complexity index is 792. The number of aromatic nitrogens is 2. The number of rotatable bonds is 5. The molecule has 3 rings (SSSR count). The van der Waals surface area contributed by atoms with Crippen molar-refractivity contribution in [2.75, 3.05) is 57.9 Å². The Balaban J connectivity index is 0.000000383. The molecule has 1 spiro atoms. The summed E-state index contributed by atoms with van der Waals surface area (Å²) in [6, 6.07) is 0. The second kappa shape index (κ2) is 14.1. The minimum absolute atomic E-state index is 0.174.